The molecule has 0 unspecified atom stereocenters. The number of aryl methyl sites for hydroxylation is 2. The van der Waals surface area contributed by atoms with Gasteiger partial charge >= 0.3 is 0 Å². The van der Waals surface area contributed by atoms with Crippen molar-refractivity contribution in [3.63, 3.8) is 0 Å². The molecule has 0 aromatic carbocycles. The summed E-state index contributed by atoms with van der Waals surface area (Å²) in [7, 11) is 1.94. The van der Waals surface area contributed by atoms with Crippen molar-refractivity contribution in [1.82, 2.24) is 15.3 Å². The molecule has 0 aliphatic carbocycles. The van der Waals surface area contributed by atoms with Crippen molar-refractivity contribution in [1.29, 1.82) is 0 Å². The van der Waals surface area contributed by atoms with Gasteiger partial charge in [0.05, 0.1) is 12.2 Å². The average Bonchev–Trinajstić information content (AvgIpc) is 2.49. The second kappa shape index (κ2) is 5.02. The highest BCUT2D eigenvalue weighted by Gasteiger charge is 2.06. The van der Waals surface area contributed by atoms with Gasteiger partial charge in [-0.15, -0.1) is 0 Å². The van der Waals surface area contributed by atoms with Gasteiger partial charge in [0.25, 0.3) is 0 Å². The van der Waals surface area contributed by atoms with Crippen LogP contribution in [0.1, 0.15) is 37.5 Å². The Kier molecular flexibility index (Phi) is 3.96. The predicted molar refractivity (Wildman–Crippen MR) is 54.7 cm³/mol. The molecule has 1 heterocycles. The lowest BCUT2D eigenvalue weighted by molar-refractivity contribution is 0.764. The SMILES string of the molecule is CCCc1[nH]c(CNC)nc1CC. The number of rotatable bonds is 5. The minimum absolute atomic E-state index is 0.830. The number of imidazole rings is 1. The topological polar surface area (TPSA) is 40.7 Å². The van der Waals surface area contributed by atoms with Crippen LogP contribution in [-0.2, 0) is 19.4 Å². The fourth-order valence-corrected chi connectivity index (χ4v) is 1.51. The number of aromatic nitrogens is 2. The van der Waals surface area contributed by atoms with Crippen LogP contribution in [0.5, 0.6) is 0 Å². The molecule has 2 N–H and O–H groups in total. The minimum Gasteiger partial charge on any atom is -0.345 e. The van der Waals surface area contributed by atoms with E-state index in [4.69, 9.17) is 0 Å². The fraction of sp³-hybridized carbons (Fsp3) is 0.700. The Morgan fingerprint density at radius 1 is 1.38 bits per heavy atom. The Morgan fingerprint density at radius 2 is 2.15 bits per heavy atom. The van der Waals surface area contributed by atoms with Gasteiger partial charge in [0.2, 0.25) is 0 Å². The van der Waals surface area contributed by atoms with Gasteiger partial charge in [0.1, 0.15) is 5.82 Å². The van der Waals surface area contributed by atoms with Crippen molar-refractivity contribution in [3.8, 4) is 0 Å². The third-order valence-corrected chi connectivity index (χ3v) is 2.09. The average molecular weight is 181 g/mol. The van der Waals surface area contributed by atoms with Crippen LogP contribution in [0.25, 0.3) is 0 Å². The van der Waals surface area contributed by atoms with Crippen LogP contribution < -0.4 is 5.32 Å². The van der Waals surface area contributed by atoms with Gasteiger partial charge in [0.15, 0.2) is 0 Å². The van der Waals surface area contributed by atoms with Crippen LogP contribution in [0, 0.1) is 0 Å². The Balaban J connectivity index is 2.77. The summed E-state index contributed by atoms with van der Waals surface area (Å²) >= 11 is 0. The van der Waals surface area contributed by atoms with Crippen LogP contribution >= 0.6 is 0 Å². The van der Waals surface area contributed by atoms with Crippen LogP contribution in [0.4, 0.5) is 0 Å². The van der Waals surface area contributed by atoms with Crippen LogP contribution in [0.2, 0.25) is 0 Å². The fourth-order valence-electron chi connectivity index (χ4n) is 1.51. The lowest BCUT2D eigenvalue weighted by Gasteiger charge is -1.95. The normalized spacial score (nSPS) is 10.7. The summed E-state index contributed by atoms with van der Waals surface area (Å²) in [6.45, 7) is 5.17. The Morgan fingerprint density at radius 3 is 2.69 bits per heavy atom. The highest BCUT2D eigenvalue weighted by molar-refractivity contribution is 5.14. The van der Waals surface area contributed by atoms with Gasteiger partial charge in [-0.3, -0.25) is 0 Å². The molecule has 0 saturated carbocycles. The lowest BCUT2D eigenvalue weighted by atomic mass is 10.2. The molecule has 0 radical (unpaired) electrons. The number of hydrogen-bond acceptors (Lipinski definition) is 2. The Hall–Kier alpha value is -0.830. The second-order valence-corrected chi connectivity index (χ2v) is 3.24. The summed E-state index contributed by atoms with van der Waals surface area (Å²) < 4.78 is 0. The third kappa shape index (κ3) is 2.56. The summed E-state index contributed by atoms with van der Waals surface area (Å²) in [4.78, 5) is 7.88. The molecule has 1 aromatic rings. The van der Waals surface area contributed by atoms with E-state index in [9.17, 15) is 0 Å². The molecular formula is C10H19N3. The summed E-state index contributed by atoms with van der Waals surface area (Å²) in [5.74, 6) is 1.06. The van der Waals surface area contributed by atoms with E-state index in [1.165, 1.54) is 17.8 Å². The molecule has 3 heteroatoms. The van der Waals surface area contributed by atoms with Crippen molar-refractivity contribution < 1.29 is 0 Å². The predicted octanol–water partition coefficient (Wildman–Crippen LogP) is 1.64. The van der Waals surface area contributed by atoms with Crippen molar-refractivity contribution in [2.75, 3.05) is 7.05 Å². The number of H-pyrrole nitrogens is 1. The van der Waals surface area contributed by atoms with E-state index in [1.807, 2.05) is 7.05 Å². The number of nitrogens with zero attached hydrogens (tertiary/aromatic N) is 1. The maximum absolute atomic E-state index is 4.52. The minimum atomic E-state index is 0.830. The monoisotopic (exact) mass is 181 g/mol. The molecule has 1 aromatic heterocycles. The molecule has 0 bridgehead atoms. The van der Waals surface area contributed by atoms with E-state index in [1.54, 1.807) is 0 Å². The van der Waals surface area contributed by atoms with Crippen LogP contribution in [0.15, 0.2) is 0 Å². The van der Waals surface area contributed by atoms with Crippen LogP contribution in [-0.4, -0.2) is 17.0 Å². The van der Waals surface area contributed by atoms with E-state index in [0.29, 0.717) is 0 Å². The zero-order chi connectivity index (χ0) is 9.68. The van der Waals surface area contributed by atoms with Gasteiger partial charge in [-0.25, -0.2) is 4.98 Å². The molecule has 0 amide bonds. The molecule has 0 spiro atoms. The molecular weight excluding hydrogens is 162 g/mol. The highest BCUT2D eigenvalue weighted by Crippen LogP contribution is 2.09. The molecule has 3 nitrogen and oxygen atoms in total. The molecule has 1 rings (SSSR count). The third-order valence-electron chi connectivity index (χ3n) is 2.09. The second-order valence-electron chi connectivity index (χ2n) is 3.24. The molecule has 0 fully saturated rings. The first kappa shape index (κ1) is 10.3. The quantitative estimate of drug-likeness (QED) is 0.725. The van der Waals surface area contributed by atoms with Gasteiger partial charge in [0, 0.05) is 5.69 Å². The summed E-state index contributed by atoms with van der Waals surface area (Å²) in [6.07, 6.45) is 3.31. The first-order valence-electron chi connectivity index (χ1n) is 5.03. The summed E-state index contributed by atoms with van der Waals surface area (Å²) in [5.41, 5.74) is 2.54. The molecule has 0 saturated heterocycles. The molecule has 13 heavy (non-hydrogen) atoms. The van der Waals surface area contributed by atoms with Gasteiger partial charge < -0.3 is 10.3 Å². The molecule has 0 aliphatic rings. The van der Waals surface area contributed by atoms with E-state index < -0.39 is 0 Å². The van der Waals surface area contributed by atoms with Crippen molar-refractivity contribution >= 4 is 0 Å². The smallest absolute Gasteiger partial charge is 0.120 e. The summed E-state index contributed by atoms with van der Waals surface area (Å²) in [6, 6.07) is 0. The Bertz CT molecular complexity index is 253. The van der Waals surface area contributed by atoms with E-state index in [2.05, 4.69) is 29.1 Å². The zero-order valence-electron chi connectivity index (χ0n) is 8.78. The largest absolute Gasteiger partial charge is 0.345 e. The maximum atomic E-state index is 4.52. The summed E-state index contributed by atoms with van der Waals surface area (Å²) in [5, 5.41) is 3.10. The zero-order valence-corrected chi connectivity index (χ0v) is 8.78. The molecule has 74 valence electrons. The van der Waals surface area contributed by atoms with Crippen molar-refractivity contribution in [2.45, 2.75) is 39.7 Å². The van der Waals surface area contributed by atoms with E-state index >= 15 is 0 Å². The van der Waals surface area contributed by atoms with Gasteiger partial charge in [-0.2, -0.15) is 0 Å². The maximum Gasteiger partial charge on any atom is 0.120 e. The van der Waals surface area contributed by atoms with Crippen LogP contribution in [0.3, 0.4) is 0 Å². The molecule has 0 atom stereocenters. The standard InChI is InChI=1S/C10H19N3/c1-4-6-9-8(5-2)12-10(13-9)7-11-3/h11H,4-7H2,1-3H3,(H,12,13). The van der Waals surface area contributed by atoms with Gasteiger partial charge in [-0.1, -0.05) is 20.3 Å². The molecule has 0 aliphatic heterocycles. The number of aromatic amines is 1. The van der Waals surface area contributed by atoms with Crippen molar-refractivity contribution in [2.24, 2.45) is 0 Å². The first-order valence-corrected chi connectivity index (χ1v) is 5.03. The van der Waals surface area contributed by atoms with E-state index in [-0.39, 0.29) is 0 Å². The van der Waals surface area contributed by atoms with Gasteiger partial charge in [-0.05, 0) is 19.9 Å². The number of nitrogens with one attached hydrogen (secondary N) is 2. The first-order chi connectivity index (χ1) is 6.31. The lowest BCUT2D eigenvalue weighted by Crippen LogP contribution is -2.06. The Labute approximate surface area is 80.0 Å². The van der Waals surface area contributed by atoms with Crippen molar-refractivity contribution in [3.05, 3.63) is 17.2 Å². The highest BCUT2D eigenvalue weighted by atomic mass is 15.0. The number of hydrogen-bond donors (Lipinski definition) is 2. The van der Waals surface area contributed by atoms with E-state index in [0.717, 1.165) is 25.2 Å².